The highest BCUT2D eigenvalue weighted by Gasteiger charge is 2.28. The number of carbonyl (C=O) groups is 2. The minimum Gasteiger partial charge on any atom is -0.454 e. The normalized spacial score (nSPS) is 16.9. The van der Waals surface area contributed by atoms with Crippen LogP contribution in [0.4, 0.5) is 5.88 Å². The number of hydrogen-bond donors (Lipinski definition) is 0. The van der Waals surface area contributed by atoms with E-state index >= 15 is 0 Å². The van der Waals surface area contributed by atoms with Gasteiger partial charge >= 0.3 is 0 Å². The topological polar surface area (TPSA) is 69.0 Å². The van der Waals surface area contributed by atoms with Gasteiger partial charge in [-0.15, -0.1) is 0 Å². The second-order valence-electron chi connectivity index (χ2n) is 4.17. The monoisotopic (exact) mass is 257 g/mol. The number of anilines is 1. The average Bonchev–Trinajstić information content (AvgIpc) is 3.04. The number of carbonyl (C=O) groups excluding carboxylic acids is 2. The van der Waals surface area contributed by atoms with E-state index in [9.17, 15) is 9.59 Å². The molecule has 94 valence electrons. The summed E-state index contributed by atoms with van der Waals surface area (Å²) < 4.78 is 16.0. The molecule has 0 atom stereocenters. The standard InChI is InChI=1S/C13H7NO5/c15-11-1-2-12(16)14(11)13-4-7-3-9-10(18-6-17-9)5-8(7)19-13/h1-5H,6H2. The summed E-state index contributed by atoms with van der Waals surface area (Å²) in [5.41, 5.74) is 0.534. The second-order valence-corrected chi connectivity index (χ2v) is 4.17. The van der Waals surface area contributed by atoms with Crippen molar-refractivity contribution in [3.05, 3.63) is 30.4 Å². The van der Waals surface area contributed by atoms with Crippen LogP contribution in [0.15, 0.2) is 34.8 Å². The molecule has 1 aromatic heterocycles. The maximum Gasteiger partial charge on any atom is 0.260 e. The molecule has 0 N–H and O–H groups in total. The van der Waals surface area contributed by atoms with Crippen LogP contribution in [0.1, 0.15) is 0 Å². The molecule has 2 amide bonds. The van der Waals surface area contributed by atoms with E-state index in [2.05, 4.69) is 0 Å². The lowest BCUT2D eigenvalue weighted by Gasteiger charge is -2.08. The van der Waals surface area contributed by atoms with Crippen LogP contribution in [0.2, 0.25) is 0 Å². The molecule has 2 aliphatic rings. The number of furan rings is 1. The van der Waals surface area contributed by atoms with E-state index in [4.69, 9.17) is 13.9 Å². The van der Waals surface area contributed by atoms with Gasteiger partial charge in [0.25, 0.3) is 11.8 Å². The molecule has 0 fully saturated rings. The molecule has 19 heavy (non-hydrogen) atoms. The molecule has 6 heteroatoms. The van der Waals surface area contributed by atoms with Crippen LogP contribution in [-0.4, -0.2) is 18.6 Å². The Morgan fingerprint density at radius 1 is 0.947 bits per heavy atom. The third-order valence-corrected chi connectivity index (χ3v) is 3.03. The number of fused-ring (bicyclic) bond motifs is 2. The van der Waals surface area contributed by atoms with Crippen molar-refractivity contribution in [2.24, 2.45) is 0 Å². The van der Waals surface area contributed by atoms with E-state index in [1.807, 2.05) is 0 Å². The Hall–Kier alpha value is -2.76. The smallest absolute Gasteiger partial charge is 0.260 e. The van der Waals surface area contributed by atoms with Gasteiger partial charge in [0.05, 0.1) is 0 Å². The Bertz CT molecular complexity index is 699. The number of rotatable bonds is 1. The maximum atomic E-state index is 11.6. The quantitative estimate of drug-likeness (QED) is 0.725. The zero-order chi connectivity index (χ0) is 13.0. The minimum absolute atomic E-state index is 0.182. The predicted octanol–water partition coefficient (Wildman–Crippen LogP) is 1.59. The Labute approximate surface area is 106 Å². The van der Waals surface area contributed by atoms with Crippen molar-refractivity contribution < 1.29 is 23.5 Å². The molecule has 3 heterocycles. The molecule has 0 aliphatic carbocycles. The van der Waals surface area contributed by atoms with Gasteiger partial charge in [-0.3, -0.25) is 9.59 Å². The highest BCUT2D eigenvalue weighted by atomic mass is 16.7. The molecule has 0 spiro atoms. The van der Waals surface area contributed by atoms with E-state index < -0.39 is 11.8 Å². The van der Waals surface area contributed by atoms with Crippen molar-refractivity contribution in [2.45, 2.75) is 0 Å². The van der Waals surface area contributed by atoms with Crippen LogP contribution < -0.4 is 14.4 Å². The van der Waals surface area contributed by atoms with Gasteiger partial charge in [-0.25, -0.2) is 4.90 Å². The first kappa shape index (κ1) is 10.2. The van der Waals surface area contributed by atoms with Crippen LogP contribution in [0.25, 0.3) is 11.0 Å². The first-order valence-corrected chi connectivity index (χ1v) is 5.62. The number of hydrogen-bond acceptors (Lipinski definition) is 5. The van der Waals surface area contributed by atoms with Gasteiger partial charge in [0.1, 0.15) is 5.58 Å². The van der Waals surface area contributed by atoms with Gasteiger partial charge in [0, 0.05) is 29.7 Å². The zero-order valence-corrected chi connectivity index (χ0v) is 9.58. The summed E-state index contributed by atoms with van der Waals surface area (Å²) in [5, 5.41) is 0.742. The Kier molecular flexibility index (Phi) is 1.81. The number of amides is 2. The molecule has 4 rings (SSSR count). The van der Waals surface area contributed by atoms with E-state index in [1.54, 1.807) is 18.2 Å². The van der Waals surface area contributed by atoms with E-state index in [0.29, 0.717) is 17.1 Å². The summed E-state index contributed by atoms with van der Waals surface area (Å²) in [6.45, 7) is 0.182. The van der Waals surface area contributed by atoms with E-state index in [1.165, 1.54) is 12.2 Å². The molecule has 1 aromatic carbocycles. The highest BCUT2D eigenvalue weighted by Crippen LogP contribution is 2.39. The Balaban J connectivity index is 1.85. The minimum atomic E-state index is -0.413. The van der Waals surface area contributed by atoms with Crippen LogP contribution >= 0.6 is 0 Å². The molecule has 0 bridgehead atoms. The first-order chi connectivity index (χ1) is 9.22. The number of imide groups is 1. The van der Waals surface area contributed by atoms with E-state index in [0.717, 1.165) is 10.3 Å². The fourth-order valence-electron chi connectivity index (χ4n) is 2.14. The predicted molar refractivity (Wildman–Crippen MR) is 64.0 cm³/mol. The van der Waals surface area contributed by atoms with Crippen molar-refractivity contribution in [2.75, 3.05) is 11.7 Å². The molecule has 2 aromatic rings. The van der Waals surface area contributed by atoms with Crippen LogP contribution in [0, 0.1) is 0 Å². The first-order valence-electron chi connectivity index (χ1n) is 5.62. The third-order valence-electron chi connectivity index (χ3n) is 3.03. The summed E-state index contributed by atoms with van der Waals surface area (Å²) >= 11 is 0. The third kappa shape index (κ3) is 1.36. The number of nitrogens with zero attached hydrogens (tertiary/aromatic N) is 1. The average molecular weight is 257 g/mol. The van der Waals surface area contributed by atoms with Gasteiger partial charge in [-0.1, -0.05) is 0 Å². The molecular weight excluding hydrogens is 250 g/mol. The summed E-state index contributed by atoms with van der Waals surface area (Å²) in [6, 6.07) is 5.06. The molecule has 0 saturated carbocycles. The van der Waals surface area contributed by atoms with Crippen LogP contribution in [-0.2, 0) is 9.59 Å². The lowest BCUT2D eigenvalue weighted by atomic mass is 10.2. The molecule has 0 radical (unpaired) electrons. The summed E-state index contributed by atoms with van der Waals surface area (Å²) in [6.07, 6.45) is 2.42. The molecule has 0 unspecified atom stereocenters. The zero-order valence-electron chi connectivity index (χ0n) is 9.58. The van der Waals surface area contributed by atoms with E-state index in [-0.39, 0.29) is 12.7 Å². The Morgan fingerprint density at radius 2 is 1.63 bits per heavy atom. The van der Waals surface area contributed by atoms with Gasteiger partial charge in [0.15, 0.2) is 11.5 Å². The van der Waals surface area contributed by atoms with Gasteiger partial charge < -0.3 is 13.9 Å². The lowest BCUT2D eigenvalue weighted by Crippen LogP contribution is -2.28. The van der Waals surface area contributed by atoms with Crippen molar-refractivity contribution in [1.82, 2.24) is 0 Å². The SMILES string of the molecule is O=C1C=CC(=O)N1c1cc2cc3c(cc2o1)OCO3. The fraction of sp³-hybridized carbons (Fsp3) is 0.0769. The van der Waals surface area contributed by atoms with Crippen molar-refractivity contribution in [3.8, 4) is 11.5 Å². The second kappa shape index (κ2) is 3.38. The molecule has 0 saturated heterocycles. The molecular formula is C13H7NO5. The van der Waals surface area contributed by atoms with Gasteiger partial charge in [-0.2, -0.15) is 0 Å². The van der Waals surface area contributed by atoms with Crippen LogP contribution in [0.5, 0.6) is 11.5 Å². The molecule has 6 nitrogen and oxygen atoms in total. The van der Waals surface area contributed by atoms with Crippen molar-refractivity contribution in [1.29, 1.82) is 0 Å². The van der Waals surface area contributed by atoms with Crippen molar-refractivity contribution >= 4 is 28.7 Å². The summed E-state index contributed by atoms with van der Waals surface area (Å²) in [4.78, 5) is 24.1. The lowest BCUT2D eigenvalue weighted by molar-refractivity contribution is -0.120. The highest BCUT2D eigenvalue weighted by molar-refractivity contribution is 6.27. The van der Waals surface area contributed by atoms with Gasteiger partial charge in [-0.05, 0) is 6.07 Å². The number of benzene rings is 1. The number of ether oxygens (including phenoxy) is 2. The maximum absolute atomic E-state index is 11.6. The van der Waals surface area contributed by atoms with Crippen LogP contribution in [0.3, 0.4) is 0 Å². The molecule has 2 aliphatic heterocycles. The summed E-state index contributed by atoms with van der Waals surface area (Å²) in [7, 11) is 0. The fourth-order valence-corrected chi connectivity index (χ4v) is 2.14. The summed E-state index contributed by atoms with van der Waals surface area (Å²) in [5.74, 6) is 0.578. The largest absolute Gasteiger partial charge is 0.454 e. The Morgan fingerprint density at radius 3 is 2.37 bits per heavy atom. The van der Waals surface area contributed by atoms with Crippen molar-refractivity contribution in [3.63, 3.8) is 0 Å². The van der Waals surface area contributed by atoms with Gasteiger partial charge in [0.2, 0.25) is 12.7 Å².